The number of hydrogen-bond acceptors (Lipinski definition) is 2. The van der Waals surface area contributed by atoms with Gasteiger partial charge >= 0.3 is 0 Å². The summed E-state index contributed by atoms with van der Waals surface area (Å²) in [4.78, 5) is 1.27. The quantitative estimate of drug-likeness (QED) is 0.866. The maximum atomic E-state index is 6.25. The van der Waals surface area contributed by atoms with E-state index in [1.54, 1.807) is 11.3 Å². The molecule has 0 radical (unpaired) electrons. The molecule has 1 aromatic heterocycles. The van der Waals surface area contributed by atoms with Crippen LogP contribution in [0.4, 0.5) is 0 Å². The van der Waals surface area contributed by atoms with Gasteiger partial charge in [0.2, 0.25) is 0 Å². The van der Waals surface area contributed by atoms with Gasteiger partial charge in [-0.1, -0.05) is 23.7 Å². The summed E-state index contributed by atoms with van der Waals surface area (Å²) < 4.78 is 1.14. The molecule has 0 fully saturated rings. The van der Waals surface area contributed by atoms with Crippen LogP contribution in [-0.2, 0) is 6.42 Å². The van der Waals surface area contributed by atoms with Gasteiger partial charge in [-0.05, 0) is 51.5 Å². The Bertz CT molecular complexity index is 524. The average Bonchev–Trinajstić information content (AvgIpc) is 2.68. The minimum absolute atomic E-state index is 0.0105. The molecule has 2 N–H and O–H groups in total. The summed E-state index contributed by atoms with van der Waals surface area (Å²) >= 11 is 11.4. The summed E-state index contributed by atoms with van der Waals surface area (Å²) in [5.74, 6) is 0. The fourth-order valence-electron chi connectivity index (χ4n) is 1.81. The Morgan fingerprint density at radius 3 is 2.82 bits per heavy atom. The van der Waals surface area contributed by atoms with Crippen molar-refractivity contribution in [3.8, 4) is 0 Å². The minimum atomic E-state index is -0.0105. The third-order valence-corrected chi connectivity index (χ3v) is 5.16. The predicted octanol–water partition coefficient (Wildman–Crippen LogP) is 4.71. The number of nitrogens with two attached hydrogens (primary N) is 1. The van der Waals surface area contributed by atoms with Crippen LogP contribution in [0, 0.1) is 6.92 Å². The summed E-state index contributed by atoms with van der Waals surface area (Å²) in [6.07, 6.45) is 0.833. The topological polar surface area (TPSA) is 26.0 Å². The van der Waals surface area contributed by atoms with Gasteiger partial charge in [-0.2, -0.15) is 0 Å². The van der Waals surface area contributed by atoms with Gasteiger partial charge in [0, 0.05) is 26.8 Å². The Labute approximate surface area is 119 Å². The molecule has 1 nitrogen and oxygen atoms in total. The van der Waals surface area contributed by atoms with Gasteiger partial charge < -0.3 is 5.73 Å². The normalized spacial score (nSPS) is 12.7. The van der Waals surface area contributed by atoms with Crippen molar-refractivity contribution in [3.63, 3.8) is 0 Å². The Kier molecular flexibility index (Phi) is 4.26. The number of thiophene rings is 1. The smallest absolute Gasteiger partial charge is 0.0438 e. The number of benzene rings is 1. The van der Waals surface area contributed by atoms with E-state index >= 15 is 0 Å². The lowest BCUT2D eigenvalue weighted by Gasteiger charge is -2.15. The first-order valence-corrected chi connectivity index (χ1v) is 7.37. The molecule has 2 aromatic rings. The van der Waals surface area contributed by atoms with Crippen molar-refractivity contribution in [2.75, 3.05) is 0 Å². The van der Waals surface area contributed by atoms with Gasteiger partial charge in [0.15, 0.2) is 0 Å². The van der Waals surface area contributed by atoms with Crippen molar-refractivity contribution in [2.45, 2.75) is 19.4 Å². The molecule has 2 rings (SSSR count). The first-order valence-electron chi connectivity index (χ1n) is 5.32. The highest BCUT2D eigenvalue weighted by atomic mass is 79.9. The van der Waals surface area contributed by atoms with Crippen LogP contribution in [0.25, 0.3) is 0 Å². The molecule has 0 saturated carbocycles. The second kappa shape index (κ2) is 5.53. The van der Waals surface area contributed by atoms with Gasteiger partial charge in [-0.15, -0.1) is 11.3 Å². The van der Waals surface area contributed by atoms with E-state index in [2.05, 4.69) is 27.4 Å². The van der Waals surface area contributed by atoms with Gasteiger partial charge in [0.25, 0.3) is 0 Å². The maximum absolute atomic E-state index is 6.25. The molecule has 0 spiro atoms. The van der Waals surface area contributed by atoms with Gasteiger partial charge in [0.05, 0.1) is 0 Å². The zero-order valence-corrected chi connectivity index (χ0v) is 12.6. The minimum Gasteiger partial charge on any atom is -0.324 e. The van der Waals surface area contributed by atoms with Crippen LogP contribution >= 0.6 is 38.9 Å². The van der Waals surface area contributed by atoms with Gasteiger partial charge in [-0.25, -0.2) is 0 Å². The summed E-state index contributed by atoms with van der Waals surface area (Å²) in [7, 11) is 0. The molecule has 1 unspecified atom stereocenters. The molecular formula is C13H13BrClNS. The average molecular weight is 331 g/mol. The van der Waals surface area contributed by atoms with E-state index in [-0.39, 0.29) is 6.04 Å². The third kappa shape index (κ3) is 2.91. The van der Waals surface area contributed by atoms with Crippen molar-refractivity contribution in [1.29, 1.82) is 0 Å². The highest BCUT2D eigenvalue weighted by Gasteiger charge is 2.13. The summed E-state index contributed by atoms with van der Waals surface area (Å²) in [5, 5.41) is 2.85. The molecule has 90 valence electrons. The summed E-state index contributed by atoms with van der Waals surface area (Å²) in [5.41, 5.74) is 8.45. The van der Waals surface area contributed by atoms with E-state index in [1.807, 2.05) is 25.1 Å². The number of hydrogen-bond donors (Lipinski definition) is 1. The van der Waals surface area contributed by atoms with Crippen LogP contribution in [0.3, 0.4) is 0 Å². The second-order valence-corrected chi connectivity index (χ2v) is 6.22. The van der Waals surface area contributed by atoms with Gasteiger partial charge in [0.1, 0.15) is 0 Å². The molecule has 0 bridgehead atoms. The first-order chi connectivity index (χ1) is 8.09. The summed E-state index contributed by atoms with van der Waals surface area (Å²) in [6, 6.07) is 7.94. The van der Waals surface area contributed by atoms with E-state index in [1.165, 1.54) is 4.88 Å². The first kappa shape index (κ1) is 13.1. The van der Waals surface area contributed by atoms with Crippen molar-refractivity contribution in [3.05, 3.63) is 55.1 Å². The predicted molar refractivity (Wildman–Crippen MR) is 78.8 cm³/mol. The Balaban J connectivity index is 2.23. The molecule has 0 amide bonds. The fourth-order valence-corrected chi connectivity index (χ4v) is 3.56. The molecule has 1 atom stereocenters. The molecule has 0 aliphatic carbocycles. The molecule has 0 aliphatic heterocycles. The highest BCUT2D eigenvalue weighted by molar-refractivity contribution is 9.10. The van der Waals surface area contributed by atoms with Crippen molar-refractivity contribution < 1.29 is 0 Å². The lowest BCUT2D eigenvalue weighted by atomic mass is 9.99. The van der Waals surface area contributed by atoms with E-state index in [4.69, 9.17) is 17.3 Å². The molecular weight excluding hydrogens is 318 g/mol. The van der Waals surface area contributed by atoms with Crippen molar-refractivity contribution in [2.24, 2.45) is 5.73 Å². The lowest BCUT2D eigenvalue weighted by Crippen LogP contribution is -2.14. The zero-order chi connectivity index (χ0) is 12.4. The largest absolute Gasteiger partial charge is 0.324 e. The van der Waals surface area contributed by atoms with Gasteiger partial charge in [-0.3, -0.25) is 0 Å². The molecule has 0 saturated heterocycles. The van der Waals surface area contributed by atoms with Crippen LogP contribution < -0.4 is 5.73 Å². The monoisotopic (exact) mass is 329 g/mol. The maximum Gasteiger partial charge on any atom is 0.0438 e. The second-order valence-electron chi connectivity index (χ2n) is 3.96. The van der Waals surface area contributed by atoms with Crippen molar-refractivity contribution in [1.82, 2.24) is 0 Å². The Morgan fingerprint density at radius 2 is 2.18 bits per heavy atom. The van der Waals surface area contributed by atoms with E-state index in [9.17, 15) is 0 Å². The third-order valence-electron chi connectivity index (χ3n) is 2.81. The highest BCUT2D eigenvalue weighted by Crippen LogP contribution is 2.29. The Morgan fingerprint density at radius 1 is 1.41 bits per heavy atom. The van der Waals surface area contributed by atoms with E-state index < -0.39 is 0 Å². The lowest BCUT2D eigenvalue weighted by molar-refractivity contribution is 0.723. The van der Waals surface area contributed by atoms with E-state index in [0.29, 0.717) is 0 Å². The number of rotatable bonds is 3. The van der Waals surface area contributed by atoms with Crippen LogP contribution in [0.5, 0.6) is 0 Å². The fraction of sp³-hybridized carbons (Fsp3) is 0.231. The standard InChI is InChI=1S/C13H13BrClNS/c1-8-9(3-2-4-11(8)15)12(16)7-13-10(14)5-6-17-13/h2-6,12H,7,16H2,1H3. The van der Waals surface area contributed by atoms with Crippen molar-refractivity contribution >= 4 is 38.9 Å². The van der Waals surface area contributed by atoms with Crippen LogP contribution in [0.15, 0.2) is 34.1 Å². The van der Waals surface area contributed by atoms with E-state index in [0.717, 1.165) is 27.0 Å². The van der Waals surface area contributed by atoms with Crippen LogP contribution in [0.1, 0.15) is 22.0 Å². The summed E-state index contributed by atoms with van der Waals surface area (Å²) in [6.45, 7) is 2.01. The number of halogens is 2. The Hall–Kier alpha value is -0.350. The SMILES string of the molecule is Cc1c(Cl)cccc1C(N)Cc1sccc1Br. The van der Waals surface area contributed by atoms with Crippen LogP contribution in [-0.4, -0.2) is 0 Å². The molecule has 4 heteroatoms. The van der Waals surface area contributed by atoms with Crippen LogP contribution in [0.2, 0.25) is 5.02 Å². The molecule has 1 aromatic carbocycles. The zero-order valence-electron chi connectivity index (χ0n) is 9.41. The molecule has 17 heavy (non-hydrogen) atoms. The molecule has 1 heterocycles. The molecule has 0 aliphatic rings.